The van der Waals surface area contributed by atoms with E-state index in [4.69, 9.17) is 14.6 Å². The second-order valence-electron chi connectivity index (χ2n) is 7.51. The smallest absolute Gasteiger partial charge is 0.343 e. The molecule has 4 amide bonds. The van der Waals surface area contributed by atoms with Gasteiger partial charge in [-0.15, -0.1) is 0 Å². The van der Waals surface area contributed by atoms with E-state index in [2.05, 4.69) is 15.9 Å². The zero-order valence-electron chi connectivity index (χ0n) is 18.9. The third kappa shape index (κ3) is 4.84. The maximum Gasteiger partial charge on any atom is 0.343 e. The molecule has 182 valence electrons. The molecule has 0 unspecified atom stereocenters. The summed E-state index contributed by atoms with van der Waals surface area (Å²) in [6.07, 6.45) is 1.34. The minimum absolute atomic E-state index is 0.148. The van der Waals surface area contributed by atoms with Crippen LogP contribution in [0.3, 0.4) is 0 Å². The van der Waals surface area contributed by atoms with E-state index in [1.165, 1.54) is 19.3 Å². The second-order valence-corrected chi connectivity index (χ2v) is 8.36. The van der Waals surface area contributed by atoms with Gasteiger partial charge in [-0.3, -0.25) is 9.59 Å². The predicted molar refractivity (Wildman–Crippen MR) is 135 cm³/mol. The molecular weight excluding hydrogens is 532 g/mol. The van der Waals surface area contributed by atoms with Crippen LogP contribution in [0.1, 0.15) is 5.56 Å². The molecule has 1 aliphatic heterocycles. The molecule has 9 nitrogen and oxygen atoms in total. The highest BCUT2D eigenvalue weighted by molar-refractivity contribution is 9.10. The lowest BCUT2D eigenvalue weighted by atomic mass is 10.0. The molecule has 3 aromatic rings. The zero-order valence-corrected chi connectivity index (χ0v) is 20.5. The number of carbonyl (C=O) groups excluding carboxylic acids is 3. The van der Waals surface area contributed by atoms with Crippen molar-refractivity contribution >= 4 is 57.2 Å². The van der Waals surface area contributed by atoms with Crippen molar-refractivity contribution in [1.29, 1.82) is 0 Å². The standard InChI is InChI=1S/C26H19BrN2O7/c1-35-21-14-16(13-20(27)23(21)36-15-22(30)31)12-19-24(32)28(17-8-4-2-5-9-17)26(34)29(25(19)33)18-10-6-3-7-11-18/h2-14H,15H2,1H3,(H,30,31). The van der Waals surface area contributed by atoms with Gasteiger partial charge in [0.25, 0.3) is 11.8 Å². The number of para-hydroxylation sites is 2. The Morgan fingerprint density at radius 1 is 0.917 bits per heavy atom. The maximum atomic E-state index is 13.5. The number of barbiturate groups is 1. The number of benzene rings is 3. The molecule has 0 saturated carbocycles. The molecule has 0 atom stereocenters. The average molecular weight is 551 g/mol. The van der Waals surface area contributed by atoms with Crippen LogP contribution in [0.2, 0.25) is 0 Å². The number of carboxylic acids is 1. The fourth-order valence-electron chi connectivity index (χ4n) is 3.60. The van der Waals surface area contributed by atoms with Gasteiger partial charge in [-0.05, 0) is 64.0 Å². The van der Waals surface area contributed by atoms with Crippen molar-refractivity contribution in [1.82, 2.24) is 0 Å². The third-order valence-corrected chi connectivity index (χ3v) is 5.77. The van der Waals surface area contributed by atoms with E-state index >= 15 is 0 Å². The van der Waals surface area contributed by atoms with Gasteiger partial charge in [0.1, 0.15) is 5.57 Å². The van der Waals surface area contributed by atoms with Gasteiger partial charge in [0.2, 0.25) is 0 Å². The van der Waals surface area contributed by atoms with Gasteiger partial charge in [-0.2, -0.15) is 0 Å². The molecule has 4 rings (SSSR count). The monoisotopic (exact) mass is 550 g/mol. The number of hydrogen-bond donors (Lipinski definition) is 1. The summed E-state index contributed by atoms with van der Waals surface area (Å²) in [6, 6.07) is 18.9. The van der Waals surface area contributed by atoms with Crippen molar-refractivity contribution in [3.8, 4) is 11.5 Å². The summed E-state index contributed by atoms with van der Waals surface area (Å²) in [6.45, 7) is -0.591. The highest BCUT2D eigenvalue weighted by atomic mass is 79.9. The molecule has 1 fully saturated rings. The molecule has 36 heavy (non-hydrogen) atoms. The molecular formula is C26H19BrN2O7. The Hall–Kier alpha value is -4.44. The van der Waals surface area contributed by atoms with E-state index in [1.54, 1.807) is 66.7 Å². The number of methoxy groups -OCH3 is 1. The van der Waals surface area contributed by atoms with Crippen molar-refractivity contribution < 1.29 is 33.8 Å². The predicted octanol–water partition coefficient (Wildman–Crippen LogP) is 4.50. The summed E-state index contributed by atoms with van der Waals surface area (Å²) in [4.78, 5) is 53.1. The lowest BCUT2D eigenvalue weighted by molar-refractivity contribution is -0.139. The van der Waals surface area contributed by atoms with Crippen LogP contribution in [-0.2, 0) is 14.4 Å². The van der Waals surface area contributed by atoms with Gasteiger partial charge < -0.3 is 14.6 Å². The van der Waals surface area contributed by atoms with Gasteiger partial charge in [-0.25, -0.2) is 19.4 Å². The lowest BCUT2D eigenvalue weighted by Crippen LogP contribution is -2.57. The molecule has 0 aromatic heterocycles. The number of aliphatic carboxylic acids is 1. The van der Waals surface area contributed by atoms with Crippen LogP contribution in [0, 0.1) is 0 Å². The number of urea groups is 1. The van der Waals surface area contributed by atoms with E-state index in [1.807, 2.05) is 0 Å². The number of nitrogens with zero attached hydrogens (tertiary/aromatic N) is 2. The third-order valence-electron chi connectivity index (χ3n) is 5.18. The van der Waals surface area contributed by atoms with Crippen LogP contribution in [-0.4, -0.2) is 42.6 Å². The number of imide groups is 2. The molecule has 3 aromatic carbocycles. The number of halogens is 1. The zero-order chi connectivity index (χ0) is 25.8. The number of hydrogen-bond acceptors (Lipinski definition) is 6. The normalized spacial score (nSPS) is 13.6. The maximum absolute atomic E-state index is 13.5. The Labute approximate surface area is 214 Å². The van der Waals surface area contributed by atoms with Crippen molar-refractivity contribution in [3.63, 3.8) is 0 Å². The molecule has 0 radical (unpaired) electrons. The summed E-state index contributed by atoms with van der Waals surface area (Å²) in [5.74, 6) is -2.41. The van der Waals surface area contributed by atoms with Crippen molar-refractivity contribution in [3.05, 3.63) is 88.4 Å². The van der Waals surface area contributed by atoms with Gasteiger partial charge in [0.05, 0.1) is 23.0 Å². The summed E-state index contributed by atoms with van der Waals surface area (Å²) in [5, 5.41) is 8.92. The van der Waals surface area contributed by atoms with Crippen LogP contribution >= 0.6 is 15.9 Å². The number of amides is 4. The van der Waals surface area contributed by atoms with Gasteiger partial charge in [-0.1, -0.05) is 36.4 Å². The number of rotatable bonds is 7. The minimum atomic E-state index is -1.17. The molecule has 1 N–H and O–H groups in total. The number of anilines is 2. The van der Waals surface area contributed by atoms with E-state index in [9.17, 15) is 19.2 Å². The van der Waals surface area contributed by atoms with Crippen LogP contribution in [0.4, 0.5) is 16.2 Å². The SMILES string of the molecule is COc1cc(C=C2C(=O)N(c3ccccc3)C(=O)N(c3ccccc3)C2=O)cc(Br)c1OCC(=O)O. The van der Waals surface area contributed by atoms with E-state index in [0.29, 0.717) is 21.4 Å². The summed E-state index contributed by atoms with van der Waals surface area (Å²) < 4.78 is 11.0. The molecule has 0 aliphatic carbocycles. The number of ether oxygens (including phenoxy) is 2. The topological polar surface area (TPSA) is 113 Å². The second kappa shape index (κ2) is 10.4. The Balaban J connectivity index is 1.83. The van der Waals surface area contributed by atoms with Gasteiger partial charge in [0, 0.05) is 0 Å². The Bertz CT molecular complexity index is 1310. The first-order chi connectivity index (χ1) is 17.3. The summed E-state index contributed by atoms with van der Waals surface area (Å²) >= 11 is 3.32. The molecule has 1 saturated heterocycles. The summed E-state index contributed by atoms with van der Waals surface area (Å²) in [5.41, 5.74) is 0.745. The van der Waals surface area contributed by atoms with Crippen molar-refractivity contribution in [2.24, 2.45) is 0 Å². The van der Waals surface area contributed by atoms with Crippen molar-refractivity contribution in [2.75, 3.05) is 23.5 Å². The molecule has 1 aliphatic rings. The first kappa shape index (κ1) is 24.7. The lowest BCUT2D eigenvalue weighted by Gasteiger charge is -2.34. The van der Waals surface area contributed by atoms with Crippen LogP contribution in [0.5, 0.6) is 11.5 Å². The van der Waals surface area contributed by atoms with Gasteiger partial charge in [0.15, 0.2) is 18.1 Å². The van der Waals surface area contributed by atoms with Crippen LogP contribution in [0.15, 0.2) is 82.8 Å². The molecule has 0 bridgehead atoms. The Morgan fingerprint density at radius 2 is 1.44 bits per heavy atom. The van der Waals surface area contributed by atoms with E-state index in [0.717, 1.165) is 9.80 Å². The van der Waals surface area contributed by atoms with Crippen molar-refractivity contribution in [2.45, 2.75) is 0 Å². The van der Waals surface area contributed by atoms with E-state index in [-0.39, 0.29) is 17.1 Å². The molecule has 1 heterocycles. The van der Waals surface area contributed by atoms with E-state index < -0.39 is 30.4 Å². The first-order valence-electron chi connectivity index (χ1n) is 10.6. The van der Waals surface area contributed by atoms with Crippen LogP contribution in [0.25, 0.3) is 6.08 Å². The first-order valence-corrected chi connectivity index (χ1v) is 11.4. The molecule has 0 spiro atoms. The average Bonchev–Trinajstić information content (AvgIpc) is 2.87. The number of carboxylic acid groups (broad SMARTS) is 1. The fourth-order valence-corrected chi connectivity index (χ4v) is 4.18. The van der Waals surface area contributed by atoms with Gasteiger partial charge >= 0.3 is 12.0 Å². The molecule has 10 heteroatoms. The number of carbonyl (C=O) groups is 4. The minimum Gasteiger partial charge on any atom is -0.493 e. The highest BCUT2D eigenvalue weighted by Gasteiger charge is 2.43. The summed E-state index contributed by atoms with van der Waals surface area (Å²) in [7, 11) is 1.37. The Morgan fingerprint density at radius 3 is 1.92 bits per heavy atom. The highest BCUT2D eigenvalue weighted by Crippen LogP contribution is 2.38. The van der Waals surface area contributed by atoms with Crippen LogP contribution < -0.4 is 19.3 Å². The fraction of sp³-hybridized carbons (Fsp3) is 0.0769. The largest absolute Gasteiger partial charge is 0.493 e. The Kier molecular flexibility index (Phi) is 7.16. The quantitative estimate of drug-likeness (QED) is 0.340.